The Labute approximate surface area is 142 Å². The number of nitrogens with one attached hydrogen (secondary N) is 1. The molecule has 0 radical (unpaired) electrons. The molecule has 0 bridgehead atoms. The van der Waals surface area contributed by atoms with Gasteiger partial charge in [0.1, 0.15) is 5.82 Å². The van der Waals surface area contributed by atoms with Crippen LogP contribution in [0.1, 0.15) is 18.5 Å². The number of halogens is 2. The Morgan fingerprint density at radius 3 is 3.09 bits per heavy atom. The third-order valence-corrected chi connectivity index (χ3v) is 4.73. The van der Waals surface area contributed by atoms with Gasteiger partial charge in [0.25, 0.3) is 0 Å². The molecule has 2 aliphatic rings. The van der Waals surface area contributed by atoms with E-state index in [4.69, 9.17) is 28.6 Å². The zero-order valence-corrected chi connectivity index (χ0v) is 13.8. The normalized spacial score (nSPS) is 21.0. The number of hydrogen-bond acceptors (Lipinski definition) is 5. The quantitative estimate of drug-likeness (QED) is 0.581. The molecular weight excluding hydrogens is 339 g/mol. The molecule has 1 fully saturated rings. The topological polar surface area (TPSA) is 54.0 Å². The van der Waals surface area contributed by atoms with E-state index >= 15 is 0 Å². The van der Waals surface area contributed by atoms with Crippen molar-refractivity contribution in [1.82, 2.24) is 15.0 Å². The number of nitrogens with zero attached hydrogens (tertiary/aromatic N) is 3. The smallest absolute Gasteiger partial charge is 0.199 e. The fraction of sp³-hybridized carbons (Fsp3) is 0.400. The van der Waals surface area contributed by atoms with Gasteiger partial charge in [-0.05, 0) is 30.6 Å². The maximum Gasteiger partial charge on any atom is 0.199 e. The van der Waals surface area contributed by atoms with Crippen molar-refractivity contribution in [2.45, 2.75) is 18.9 Å². The van der Waals surface area contributed by atoms with E-state index in [1.165, 1.54) is 0 Å². The number of aromatic amines is 1. The van der Waals surface area contributed by atoms with Crippen LogP contribution in [0.15, 0.2) is 6.58 Å². The molecule has 4 heterocycles. The van der Waals surface area contributed by atoms with Crippen LogP contribution in [0.25, 0.3) is 16.5 Å². The van der Waals surface area contributed by atoms with Crippen LogP contribution in [0.2, 0.25) is 5.15 Å². The predicted octanol–water partition coefficient (Wildman–Crippen LogP) is 3.49. The molecule has 2 aromatic heterocycles. The number of ether oxygens (including phenoxy) is 1. The summed E-state index contributed by atoms with van der Waals surface area (Å²) in [6.07, 6.45) is 1.53. The Balaban J connectivity index is 2.10. The minimum Gasteiger partial charge on any atom is -0.379 e. The second-order valence-corrected chi connectivity index (χ2v) is 6.51. The lowest BCUT2D eigenvalue weighted by Crippen LogP contribution is -2.37. The Morgan fingerprint density at radius 2 is 2.26 bits per heavy atom. The van der Waals surface area contributed by atoms with Gasteiger partial charge in [-0.1, -0.05) is 18.2 Å². The minimum absolute atomic E-state index is 0.0773. The summed E-state index contributed by atoms with van der Waals surface area (Å²) < 4.78 is 20.4. The monoisotopic (exact) mass is 352 g/mol. The molecule has 0 aromatic carbocycles. The summed E-state index contributed by atoms with van der Waals surface area (Å²) in [5.41, 5.74) is 1.61. The third kappa shape index (κ3) is 2.34. The molecule has 4 rings (SSSR count). The minimum atomic E-state index is -0.613. The van der Waals surface area contributed by atoms with Crippen molar-refractivity contribution in [2.75, 3.05) is 24.7 Å². The van der Waals surface area contributed by atoms with Crippen molar-refractivity contribution >= 4 is 46.1 Å². The average Bonchev–Trinajstić information content (AvgIpc) is 2.79. The van der Waals surface area contributed by atoms with Crippen LogP contribution in [0.4, 0.5) is 10.2 Å². The molecule has 8 heteroatoms. The van der Waals surface area contributed by atoms with Crippen molar-refractivity contribution in [3.8, 4) is 0 Å². The first-order valence-corrected chi connectivity index (χ1v) is 8.16. The van der Waals surface area contributed by atoms with Gasteiger partial charge < -0.3 is 14.6 Å². The highest BCUT2D eigenvalue weighted by molar-refractivity contribution is 7.71. The molecule has 0 saturated carbocycles. The highest BCUT2D eigenvalue weighted by atomic mass is 35.5. The molecule has 1 unspecified atom stereocenters. The maximum atomic E-state index is 14.5. The van der Waals surface area contributed by atoms with Gasteiger partial charge in [-0.3, -0.25) is 0 Å². The first-order valence-electron chi connectivity index (χ1n) is 7.38. The molecule has 0 spiro atoms. The third-order valence-electron chi connectivity index (χ3n) is 4.29. The lowest BCUT2D eigenvalue weighted by atomic mass is 10.0. The summed E-state index contributed by atoms with van der Waals surface area (Å²) in [5, 5.41) is 0.402. The van der Waals surface area contributed by atoms with Crippen molar-refractivity contribution in [1.29, 1.82) is 0 Å². The zero-order valence-electron chi connectivity index (χ0n) is 12.2. The van der Waals surface area contributed by atoms with Gasteiger partial charge in [-0.15, -0.1) is 0 Å². The van der Waals surface area contributed by atoms with Gasteiger partial charge in [0, 0.05) is 13.2 Å². The van der Waals surface area contributed by atoms with Gasteiger partial charge in [0.2, 0.25) is 0 Å². The maximum absolute atomic E-state index is 14.5. The zero-order chi connectivity index (χ0) is 16.1. The SMILES string of the molecule is C=C1CC2COCCCN2c2nc(=S)[nH]c3c(F)c(Cl)nc1c23. The molecule has 120 valence electrons. The van der Waals surface area contributed by atoms with E-state index in [0.717, 1.165) is 18.5 Å². The number of rotatable bonds is 0. The van der Waals surface area contributed by atoms with Crippen LogP contribution >= 0.6 is 23.8 Å². The summed E-state index contributed by atoms with van der Waals surface area (Å²) in [4.78, 5) is 13.6. The van der Waals surface area contributed by atoms with E-state index in [2.05, 4.69) is 26.4 Å². The first kappa shape index (κ1) is 15.0. The average molecular weight is 353 g/mol. The second kappa shape index (κ2) is 5.51. The Hall–Kier alpha value is -1.57. The molecular formula is C15H14ClFN4OS. The molecule has 0 aliphatic carbocycles. The number of hydrogen-bond donors (Lipinski definition) is 1. The number of pyridine rings is 1. The van der Waals surface area contributed by atoms with E-state index in [1.807, 2.05) is 0 Å². The van der Waals surface area contributed by atoms with Gasteiger partial charge in [0.15, 0.2) is 15.7 Å². The predicted molar refractivity (Wildman–Crippen MR) is 89.9 cm³/mol. The van der Waals surface area contributed by atoms with E-state index in [0.29, 0.717) is 36.5 Å². The Bertz CT molecular complexity index is 884. The van der Waals surface area contributed by atoms with Gasteiger partial charge in [0.05, 0.1) is 29.2 Å². The van der Waals surface area contributed by atoms with Crippen LogP contribution < -0.4 is 4.90 Å². The number of fused-ring (bicyclic) bond motifs is 2. The van der Waals surface area contributed by atoms with Gasteiger partial charge >= 0.3 is 0 Å². The van der Waals surface area contributed by atoms with E-state index in [1.54, 1.807) is 0 Å². The van der Waals surface area contributed by atoms with Crippen LogP contribution in [0.5, 0.6) is 0 Å². The molecule has 23 heavy (non-hydrogen) atoms. The summed E-state index contributed by atoms with van der Waals surface area (Å²) in [6.45, 7) is 6.15. The Kier molecular flexibility index (Phi) is 3.59. The van der Waals surface area contributed by atoms with Crippen molar-refractivity contribution in [2.24, 2.45) is 0 Å². The van der Waals surface area contributed by atoms with E-state index in [9.17, 15) is 4.39 Å². The number of H-pyrrole nitrogens is 1. The van der Waals surface area contributed by atoms with Crippen molar-refractivity contribution < 1.29 is 9.13 Å². The van der Waals surface area contributed by atoms with Gasteiger partial charge in [-0.2, -0.15) is 0 Å². The fourth-order valence-corrected chi connectivity index (χ4v) is 3.65. The standard InChI is InChI=1S/C15H14ClFN4OS/c1-7-5-8-6-22-4-2-3-21(8)14-9-11(7)18-13(16)10(17)12(9)19-15(23)20-14/h8H,1-6H2,(H,19,20,23). The molecule has 2 aromatic rings. The van der Waals surface area contributed by atoms with Crippen LogP contribution in [-0.4, -0.2) is 40.8 Å². The lowest BCUT2D eigenvalue weighted by molar-refractivity contribution is 0.135. The summed E-state index contributed by atoms with van der Waals surface area (Å²) >= 11 is 11.1. The van der Waals surface area contributed by atoms with E-state index < -0.39 is 5.82 Å². The highest BCUT2D eigenvalue weighted by Gasteiger charge is 2.32. The summed E-state index contributed by atoms with van der Waals surface area (Å²) in [7, 11) is 0. The highest BCUT2D eigenvalue weighted by Crippen LogP contribution is 2.39. The van der Waals surface area contributed by atoms with E-state index in [-0.39, 0.29) is 21.5 Å². The van der Waals surface area contributed by atoms with Crippen LogP contribution in [0.3, 0.4) is 0 Å². The summed E-state index contributed by atoms with van der Waals surface area (Å²) in [5.74, 6) is 0.0217. The second-order valence-electron chi connectivity index (χ2n) is 5.76. The van der Waals surface area contributed by atoms with Gasteiger partial charge in [-0.25, -0.2) is 14.4 Å². The van der Waals surface area contributed by atoms with Crippen LogP contribution in [-0.2, 0) is 4.74 Å². The molecule has 1 saturated heterocycles. The fourth-order valence-electron chi connectivity index (χ4n) is 3.28. The molecule has 1 atom stereocenters. The summed E-state index contributed by atoms with van der Waals surface area (Å²) in [6, 6.07) is 0.0773. The largest absolute Gasteiger partial charge is 0.379 e. The number of aromatic nitrogens is 3. The molecule has 5 nitrogen and oxygen atoms in total. The Morgan fingerprint density at radius 1 is 1.43 bits per heavy atom. The lowest BCUT2D eigenvalue weighted by Gasteiger charge is -2.29. The molecule has 2 aliphatic heterocycles. The van der Waals surface area contributed by atoms with Crippen molar-refractivity contribution in [3.63, 3.8) is 0 Å². The van der Waals surface area contributed by atoms with Crippen molar-refractivity contribution in [3.05, 3.63) is 28.0 Å². The molecule has 0 amide bonds. The first-order chi connectivity index (χ1) is 11.1. The number of anilines is 1. The van der Waals surface area contributed by atoms with Crippen LogP contribution in [0, 0.1) is 10.6 Å². The molecule has 1 N–H and O–H groups in total.